The largest absolute Gasteiger partial charge is 0.490 e. The second-order valence-electron chi connectivity index (χ2n) is 9.09. The van der Waals surface area contributed by atoms with E-state index in [1.165, 1.54) is 12.3 Å². The second kappa shape index (κ2) is 10.8. The van der Waals surface area contributed by atoms with Crippen LogP contribution in [0.4, 0.5) is 0 Å². The van der Waals surface area contributed by atoms with Crippen molar-refractivity contribution < 1.29 is 24.1 Å². The molecular weight excluding hydrogens is 446 g/mol. The molecule has 184 valence electrons. The van der Waals surface area contributed by atoms with Gasteiger partial charge < -0.3 is 23.9 Å². The first kappa shape index (κ1) is 24.5. The number of aromatic nitrogens is 1. The minimum atomic E-state index is -1.22. The van der Waals surface area contributed by atoms with E-state index in [9.17, 15) is 14.7 Å². The topological polar surface area (TPSA) is 87.0 Å². The molecular formula is C28H31NO6. The minimum absolute atomic E-state index is 0.00799. The van der Waals surface area contributed by atoms with Crippen LogP contribution in [0.15, 0.2) is 59.5 Å². The Balaban J connectivity index is 1.78. The monoisotopic (exact) mass is 477 g/mol. The summed E-state index contributed by atoms with van der Waals surface area (Å²) in [4.78, 5) is 24.3. The fourth-order valence-corrected chi connectivity index (χ4v) is 4.44. The molecule has 0 saturated heterocycles. The molecule has 0 aliphatic carbocycles. The average Bonchev–Trinajstić information content (AvgIpc) is 2.84. The lowest BCUT2D eigenvalue weighted by Gasteiger charge is -2.34. The number of hydrogen-bond acceptors (Lipinski definition) is 5. The van der Waals surface area contributed by atoms with Crippen LogP contribution in [0.3, 0.4) is 0 Å². The van der Waals surface area contributed by atoms with Crippen molar-refractivity contribution in [2.75, 3.05) is 20.3 Å². The van der Waals surface area contributed by atoms with Gasteiger partial charge in [-0.1, -0.05) is 44.2 Å². The molecule has 1 unspecified atom stereocenters. The summed E-state index contributed by atoms with van der Waals surface area (Å²) >= 11 is 0. The van der Waals surface area contributed by atoms with Crippen molar-refractivity contribution in [3.63, 3.8) is 0 Å². The average molecular weight is 478 g/mol. The van der Waals surface area contributed by atoms with E-state index >= 15 is 0 Å². The number of fused-ring (bicyclic) bond motifs is 3. The van der Waals surface area contributed by atoms with E-state index < -0.39 is 11.4 Å². The Bertz CT molecular complexity index is 1250. The van der Waals surface area contributed by atoms with Crippen molar-refractivity contribution in [2.24, 2.45) is 5.92 Å². The Morgan fingerprint density at radius 3 is 2.51 bits per heavy atom. The SMILES string of the molecule is COCCCOc1cc2c(cc1OCc1ccccc1)-c1cc(=O)c(C(=O)O)cn1C(C(C)C)C2. The molecule has 0 radical (unpaired) electrons. The van der Waals surface area contributed by atoms with Gasteiger partial charge in [0.05, 0.1) is 12.3 Å². The highest BCUT2D eigenvalue weighted by Gasteiger charge is 2.29. The number of hydrogen-bond donors (Lipinski definition) is 1. The molecule has 3 aromatic rings. The van der Waals surface area contributed by atoms with Gasteiger partial charge in [0.25, 0.3) is 0 Å². The minimum Gasteiger partial charge on any atom is -0.490 e. The molecule has 0 spiro atoms. The number of nitrogens with zero attached hydrogens (tertiary/aromatic N) is 1. The second-order valence-corrected chi connectivity index (χ2v) is 9.09. The lowest BCUT2D eigenvalue weighted by Crippen LogP contribution is -2.28. The molecule has 1 aromatic heterocycles. The molecule has 1 aliphatic rings. The molecule has 1 atom stereocenters. The van der Waals surface area contributed by atoms with Crippen LogP contribution in [0.1, 0.15) is 47.8 Å². The van der Waals surface area contributed by atoms with Gasteiger partial charge in [0, 0.05) is 44.0 Å². The standard InChI is InChI=1S/C28H31NO6/c1-18(2)23-12-20-13-26(34-11-7-10-33-3)27(35-17-19-8-5-4-6-9-19)14-21(20)24-15-25(30)22(28(31)32)16-29(23)24/h4-6,8-9,13-16,18,23H,7,10-12,17H2,1-3H3,(H,31,32). The summed E-state index contributed by atoms with van der Waals surface area (Å²) in [6.07, 6.45) is 2.92. The number of carboxylic acids is 1. The molecule has 2 heterocycles. The number of rotatable bonds is 10. The summed E-state index contributed by atoms with van der Waals surface area (Å²) in [5.74, 6) is 0.238. The van der Waals surface area contributed by atoms with Gasteiger partial charge in [0.2, 0.25) is 0 Å². The van der Waals surface area contributed by atoms with Gasteiger partial charge in [0.15, 0.2) is 16.9 Å². The molecule has 0 saturated carbocycles. The third kappa shape index (κ3) is 5.41. The van der Waals surface area contributed by atoms with Crippen LogP contribution in [0.5, 0.6) is 11.5 Å². The fraction of sp³-hybridized carbons (Fsp3) is 0.357. The van der Waals surface area contributed by atoms with Crippen LogP contribution in [0.25, 0.3) is 11.3 Å². The van der Waals surface area contributed by atoms with Gasteiger partial charge in [-0.05, 0) is 35.6 Å². The molecule has 2 aromatic carbocycles. The zero-order valence-corrected chi connectivity index (χ0v) is 20.3. The van der Waals surface area contributed by atoms with Gasteiger partial charge in [-0.25, -0.2) is 4.79 Å². The van der Waals surface area contributed by atoms with E-state index in [0.29, 0.717) is 43.4 Å². The Morgan fingerprint density at radius 2 is 1.83 bits per heavy atom. The Morgan fingerprint density at radius 1 is 1.09 bits per heavy atom. The number of pyridine rings is 1. The van der Waals surface area contributed by atoms with Crippen LogP contribution in [-0.4, -0.2) is 36.0 Å². The number of aromatic carboxylic acids is 1. The summed E-state index contributed by atoms with van der Waals surface area (Å²) in [6, 6.07) is 15.2. The predicted molar refractivity (Wildman–Crippen MR) is 133 cm³/mol. The summed E-state index contributed by atoms with van der Waals surface area (Å²) in [6.45, 7) is 5.64. The van der Waals surface area contributed by atoms with Crippen molar-refractivity contribution in [1.29, 1.82) is 0 Å². The summed E-state index contributed by atoms with van der Waals surface area (Å²) in [5.41, 5.74) is 2.88. The lowest BCUT2D eigenvalue weighted by atomic mass is 9.87. The summed E-state index contributed by atoms with van der Waals surface area (Å²) in [5, 5.41) is 9.51. The normalized spacial score (nSPS) is 14.3. The summed E-state index contributed by atoms with van der Waals surface area (Å²) < 4.78 is 19.4. The Hall–Kier alpha value is -3.58. The van der Waals surface area contributed by atoms with Gasteiger partial charge in [-0.2, -0.15) is 0 Å². The maximum absolute atomic E-state index is 12.6. The van der Waals surface area contributed by atoms with Gasteiger partial charge in [0.1, 0.15) is 12.2 Å². The van der Waals surface area contributed by atoms with E-state index in [1.54, 1.807) is 7.11 Å². The molecule has 7 heteroatoms. The lowest BCUT2D eigenvalue weighted by molar-refractivity contribution is 0.0694. The fourth-order valence-electron chi connectivity index (χ4n) is 4.44. The van der Waals surface area contributed by atoms with E-state index in [0.717, 1.165) is 23.1 Å². The van der Waals surface area contributed by atoms with Gasteiger partial charge in [-0.3, -0.25) is 4.79 Å². The molecule has 1 aliphatic heterocycles. The first-order valence-corrected chi connectivity index (χ1v) is 11.8. The van der Waals surface area contributed by atoms with Crippen molar-refractivity contribution in [3.05, 3.63) is 81.6 Å². The third-order valence-corrected chi connectivity index (χ3v) is 6.30. The Labute approximate surface area is 204 Å². The molecule has 7 nitrogen and oxygen atoms in total. The summed E-state index contributed by atoms with van der Waals surface area (Å²) in [7, 11) is 1.66. The van der Waals surface area contributed by atoms with Crippen molar-refractivity contribution in [3.8, 4) is 22.8 Å². The zero-order chi connectivity index (χ0) is 24.9. The van der Waals surface area contributed by atoms with E-state index in [2.05, 4.69) is 13.8 Å². The van der Waals surface area contributed by atoms with Crippen LogP contribution < -0.4 is 14.9 Å². The number of carboxylic acid groups (broad SMARTS) is 1. The first-order valence-electron chi connectivity index (χ1n) is 11.8. The van der Waals surface area contributed by atoms with Crippen LogP contribution in [-0.2, 0) is 17.8 Å². The molecule has 4 rings (SSSR count). The van der Waals surface area contributed by atoms with Crippen molar-refractivity contribution in [2.45, 2.75) is 39.3 Å². The van der Waals surface area contributed by atoms with E-state index in [1.807, 2.05) is 47.0 Å². The van der Waals surface area contributed by atoms with Crippen molar-refractivity contribution >= 4 is 5.97 Å². The molecule has 35 heavy (non-hydrogen) atoms. The maximum Gasteiger partial charge on any atom is 0.341 e. The molecule has 0 bridgehead atoms. The van der Waals surface area contributed by atoms with Crippen LogP contribution in [0.2, 0.25) is 0 Å². The van der Waals surface area contributed by atoms with Crippen LogP contribution in [0, 0.1) is 5.92 Å². The van der Waals surface area contributed by atoms with Crippen molar-refractivity contribution in [1.82, 2.24) is 4.57 Å². The smallest absolute Gasteiger partial charge is 0.341 e. The number of carbonyl (C=O) groups is 1. The van der Waals surface area contributed by atoms with Gasteiger partial charge >= 0.3 is 5.97 Å². The molecule has 0 amide bonds. The molecule has 1 N–H and O–H groups in total. The third-order valence-electron chi connectivity index (χ3n) is 6.30. The highest BCUT2D eigenvalue weighted by Crippen LogP contribution is 2.43. The maximum atomic E-state index is 12.6. The zero-order valence-electron chi connectivity index (χ0n) is 20.3. The quantitative estimate of drug-likeness (QED) is 0.415. The highest BCUT2D eigenvalue weighted by molar-refractivity contribution is 5.88. The first-order chi connectivity index (χ1) is 16.9. The van der Waals surface area contributed by atoms with Gasteiger partial charge in [-0.15, -0.1) is 0 Å². The number of benzene rings is 2. The Kier molecular flexibility index (Phi) is 7.56. The molecule has 0 fully saturated rings. The van der Waals surface area contributed by atoms with E-state index in [-0.39, 0.29) is 17.5 Å². The highest BCUT2D eigenvalue weighted by atomic mass is 16.5. The van der Waals surface area contributed by atoms with Crippen LogP contribution >= 0.6 is 0 Å². The van der Waals surface area contributed by atoms with E-state index in [4.69, 9.17) is 14.2 Å². The number of ether oxygens (including phenoxy) is 3. The number of methoxy groups -OCH3 is 1. The predicted octanol–water partition coefficient (Wildman–Crippen LogP) is 4.96.